The van der Waals surface area contributed by atoms with Crippen LogP contribution in [-0.4, -0.2) is 42.9 Å². The first-order chi connectivity index (χ1) is 17.1. The summed E-state index contributed by atoms with van der Waals surface area (Å²) in [5, 5.41) is 9.04. The van der Waals surface area contributed by atoms with Crippen LogP contribution in [0.15, 0.2) is 42.5 Å². The van der Waals surface area contributed by atoms with E-state index in [0.29, 0.717) is 44.7 Å². The number of nitrogens with zero attached hydrogens (tertiary/aromatic N) is 3. The minimum atomic E-state index is -4.60. The summed E-state index contributed by atoms with van der Waals surface area (Å²) in [6, 6.07) is 13.1. The molecule has 2 N–H and O–H groups in total. The third-order valence-electron chi connectivity index (χ3n) is 7.63. The van der Waals surface area contributed by atoms with Gasteiger partial charge in [-0.3, -0.25) is 9.59 Å². The fourth-order valence-electron chi connectivity index (χ4n) is 5.54. The van der Waals surface area contributed by atoms with Crippen molar-refractivity contribution in [2.75, 3.05) is 31.1 Å². The lowest BCUT2D eigenvalue weighted by molar-refractivity contribution is -0.137. The van der Waals surface area contributed by atoms with E-state index in [4.69, 9.17) is 11.0 Å². The van der Waals surface area contributed by atoms with Gasteiger partial charge in [-0.25, -0.2) is 0 Å². The number of halogens is 3. The second kappa shape index (κ2) is 10.2. The Bertz CT molecular complexity index is 1180. The third-order valence-corrected chi connectivity index (χ3v) is 7.63. The van der Waals surface area contributed by atoms with Gasteiger partial charge in [-0.1, -0.05) is 24.3 Å². The number of piperidine rings is 1. The van der Waals surface area contributed by atoms with Crippen LogP contribution >= 0.6 is 0 Å². The summed E-state index contributed by atoms with van der Waals surface area (Å²) in [7, 11) is 0. The van der Waals surface area contributed by atoms with Crippen LogP contribution in [0.1, 0.15) is 35.1 Å². The van der Waals surface area contributed by atoms with E-state index in [1.807, 2.05) is 36.1 Å². The number of likely N-dealkylation sites (tertiary alicyclic amines) is 1. The molecule has 2 aromatic carbocycles. The van der Waals surface area contributed by atoms with Gasteiger partial charge in [0.25, 0.3) is 0 Å². The van der Waals surface area contributed by atoms with Crippen molar-refractivity contribution in [1.82, 2.24) is 4.90 Å². The van der Waals surface area contributed by atoms with E-state index in [9.17, 15) is 22.8 Å². The maximum absolute atomic E-state index is 13.4. The summed E-state index contributed by atoms with van der Waals surface area (Å²) in [6.45, 7) is 3.76. The van der Waals surface area contributed by atoms with Crippen molar-refractivity contribution in [3.63, 3.8) is 0 Å². The fourth-order valence-corrected chi connectivity index (χ4v) is 5.54. The van der Waals surface area contributed by atoms with Gasteiger partial charge in [-0.05, 0) is 60.9 Å². The molecular weight excluding hydrogens is 469 g/mol. The van der Waals surface area contributed by atoms with Crippen molar-refractivity contribution in [1.29, 1.82) is 5.26 Å². The quantitative estimate of drug-likeness (QED) is 0.677. The molecule has 36 heavy (non-hydrogen) atoms. The molecule has 4 rings (SSSR count). The Morgan fingerprint density at radius 2 is 1.81 bits per heavy atom. The topological polar surface area (TPSA) is 90.4 Å². The number of hydrogen-bond donors (Lipinski definition) is 1. The second-order valence-electron chi connectivity index (χ2n) is 9.74. The summed E-state index contributed by atoms with van der Waals surface area (Å²) in [5.41, 5.74) is 6.80. The average Bonchev–Trinajstić information content (AvgIpc) is 3.31. The largest absolute Gasteiger partial charge is 0.417 e. The van der Waals surface area contributed by atoms with Crippen LogP contribution in [0, 0.1) is 36.0 Å². The SMILES string of the molecule is Cc1ccccc1CC(=O)N1C[C@@H](C(N)=O)[C@H](C2CCN(c3ccc(C#N)c(C(F)(F)F)c3)CC2)C1. The highest BCUT2D eigenvalue weighted by Gasteiger charge is 2.43. The summed E-state index contributed by atoms with van der Waals surface area (Å²) < 4.78 is 40.2. The summed E-state index contributed by atoms with van der Waals surface area (Å²) in [6.07, 6.45) is -2.99. The van der Waals surface area contributed by atoms with Crippen LogP contribution in [0.4, 0.5) is 18.9 Å². The van der Waals surface area contributed by atoms with E-state index >= 15 is 0 Å². The third kappa shape index (κ3) is 5.32. The Hall–Kier alpha value is -3.54. The molecule has 2 fully saturated rings. The van der Waals surface area contributed by atoms with E-state index in [1.54, 1.807) is 17.0 Å². The van der Waals surface area contributed by atoms with Crippen molar-refractivity contribution < 1.29 is 22.8 Å². The Morgan fingerprint density at radius 1 is 1.11 bits per heavy atom. The molecule has 2 aromatic rings. The highest BCUT2D eigenvalue weighted by Crippen LogP contribution is 2.39. The summed E-state index contributed by atoms with van der Waals surface area (Å²) >= 11 is 0. The van der Waals surface area contributed by atoms with Crippen LogP contribution in [0.3, 0.4) is 0 Å². The normalized spacial score (nSPS) is 20.9. The van der Waals surface area contributed by atoms with E-state index in [2.05, 4.69) is 0 Å². The monoisotopic (exact) mass is 498 g/mol. The van der Waals surface area contributed by atoms with Crippen LogP contribution in [0.5, 0.6) is 0 Å². The molecule has 0 spiro atoms. The van der Waals surface area contributed by atoms with Gasteiger partial charge in [0.1, 0.15) is 0 Å². The van der Waals surface area contributed by atoms with E-state index in [0.717, 1.165) is 17.2 Å². The molecule has 2 amide bonds. The van der Waals surface area contributed by atoms with Crippen LogP contribution in [-0.2, 0) is 22.2 Å². The minimum Gasteiger partial charge on any atom is -0.372 e. The van der Waals surface area contributed by atoms with Gasteiger partial charge in [-0.2, -0.15) is 18.4 Å². The zero-order chi connectivity index (χ0) is 26.0. The smallest absolute Gasteiger partial charge is 0.372 e. The van der Waals surface area contributed by atoms with Crippen LogP contribution in [0.25, 0.3) is 0 Å². The zero-order valence-corrected chi connectivity index (χ0v) is 20.1. The average molecular weight is 499 g/mol. The summed E-state index contributed by atoms with van der Waals surface area (Å²) in [5.74, 6) is -0.829. The number of rotatable bonds is 5. The number of anilines is 1. The number of aryl methyl sites for hydroxylation is 1. The molecule has 2 aliphatic rings. The van der Waals surface area contributed by atoms with Gasteiger partial charge in [0.15, 0.2) is 0 Å². The van der Waals surface area contributed by atoms with Gasteiger partial charge >= 0.3 is 6.18 Å². The van der Waals surface area contributed by atoms with Crippen molar-refractivity contribution in [2.24, 2.45) is 23.5 Å². The predicted octanol–water partition coefficient (Wildman–Crippen LogP) is 3.90. The molecule has 6 nitrogen and oxygen atoms in total. The summed E-state index contributed by atoms with van der Waals surface area (Å²) in [4.78, 5) is 28.9. The van der Waals surface area contributed by atoms with Crippen molar-refractivity contribution in [3.05, 3.63) is 64.7 Å². The molecule has 0 unspecified atom stereocenters. The second-order valence-corrected chi connectivity index (χ2v) is 9.74. The van der Waals surface area contributed by atoms with E-state index in [-0.39, 0.29) is 24.2 Å². The van der Waals surface area contributed by atoms with E-state index < -0.39 is 29.1 Å². The number of carbonyl (C=O) groups is 2. The zero-order valence-electron chi connectivity index (χ0n) is 20.1. The molecule has 2 atom stereocenters. The van der Waals surface area contributed by atoms with Gasteiger partial charge < -0.3 is 15.5 Å². The number of benzene rings is 2. The highest BCUT2D eigenvalue weighted by atomic mass is 19.4. The molecule has 2 saturated heterocycles. The Morgan fingerprint density at radius 3 is 2.42 bits per heavy atom. The van der Waals surface area contributed by atoms with Crippen molar-refractivity contribution in [2.45, 2.75) is 32.4 Å². The molecule has 0 aromatic heterocycles. The fraction of sp³-hybridized carbons (Fsp3) is 0.444. The predicted molar refractivity (Wildman–Crippen MR) is 129 cm³/mol. The van der Waals surface area contributed by atoms with Crippen LogP contribution in [0.2, 0.25) is 0 Å². The highest BCUT2D eigenvalue weighted by molar-refractivity contribution is 5.82. The first-order valence-corrected chi connectivity index (χ1v) is 12.1. The Kier molecular flexibility index (Phi) is 7.25. The minimum absolute atomic E-state index is 0.0345. The van der Waals surface area contributed by atoms with E-state index in [1.165, 1.54) is 6.07 Å². The number of amides is 2. The molecule has 0 saturated carbocycles. The Balaban J connectivity index is 1.43. The molecule has 190 valence electrons. The standard InChI is InChI=1S/C27H29F3N4O2/c1-17-4-2-3-5-19(17)12-25(35)34-15-22(23(16-34)26(32)36)18-8-10-33(11-9-18)21-7-6-20(14-31)24(13-21)27(28,29)30/h2-7,13,18,22-23H,8-12,15-16H2,1H3,(H2,32,36)/t22-,23+/m0/s1. The molecule has 0 aliphatic carbocycles. The number of hydrogen-bond acceptors (Lipinski definition) is 4. The number of nitriles is 1. The number of alkyl halides is 3. The first-order valence-electron chi connectivity index (χ1n) is 12.1. The lowest BCUT2D eigenvalue weighted by Crippen LogP contribution is -2.40. The van der Waals surface area contributed by atoms with Gasteiger partial charge in [0.05, 0.1) is 29.5 Å². The van der Waals surface area contributed by atoms with Crippen molar-refractivity contribution in [3.8, 4) is 6.07 Å². The molecule has 0 bridgehead atoms. The lowest BCUT2D eigenvalue weighted by atomic mass is 9.78. The molecule has 2 heterocycles. The molecular formula is C27H29F3N4O2. The maximum atomic E-state index is 13.4. The molecule has 0 radical (unpaired) electrons. The molecule has 2 aliphatic heterocycles. The lowest BCUT2D eigenvalue weighted by Gasteiger charge is -2.37. The van der Waals surface area contributed by atoms with Gasteiger partial charge in [-0.15, -0.1) is 0 Å². The maximum Gasteiger partial charge on any atom is 0.417 e. The molecule has 9 heteroatoms. The number of carbonyl (C=O) groups excluding carboxylic acids is 2. The first kappa shape index (κ1) is 25.5. The van der Waals surface area contributed by atoms with Crippen LogP contribution < -0.4 is 10.6 Å². The van der Waals surface area contributed by atoms with Gasteiger partial charge in [0, 0.05) is 31.9 Å². The van der Waals surface area contributed by atoms with Crippen molar-refractivity contribution >= 4 is 17.5 Å². The number of primary amides is 1. The Labute approximate surface area is 208 Å². The number of nitrogens with two attached hydrogens (primary N) is 1. The van der Waals surface area contributed by atoms with Gasteiger partial charge in [0.2, 0.25) is 11.8 Å².